The molecular formula is C27H36N2O4. The number of benzene rings is 2. The summed E-state index contributed by atoms with van der Waals surface area (Å²) in [7, 11) is 0. The average Bonchev–Trinajstić information content (AvgIpc) is 2.98. The first-order chi connectivity index (χ1) is 15.8. The normalized spacial score (nSPS) is 20.8. The van der Waals surface area contributed by atoms with Crippen molar-refractivity contribution in [2.45, 2.75) is 64.0 Å². The maximum atomic E-state index is 13.3. The Morgan fingerprint density at radius 3 is 2.45 bits per heavy atom. The van der Waals surface area contributed by atoms with Gasteiger partial charge in [0.15, 0.2) is 0 Å². The van der Waals surface area contributed by atoms with Gasteiger partial charge in [-0.25, -0.2) is 0 Å². The average molecular weight is 453 g/mol. The van der Waals surface area contributed by atoms with Gasteiger partial charge in [-0.05, 0) is 61.3 Å². The molecule has 0 unspecified atom stereocenters. The van der Waals surface area contributed by atoms with E-state index in [0.29, 0.717) is 44.6 Å². The van der Waals surface area contributed by atoms with Gasteiger partial charge in [0.05, 0.1) is 12.1 Å². The lowest BCUT2D eigenvalue weighted by atomic mass is 9.98. The number of rotatable bonds is 9. The lowest BCUT2D eigenvalue weighted by Crippen LogP contribution is -2.41. The summed E-state index contributed by atoms with van der Waals surface area (Å²) in [5.74, 6) is -0.981. The van der Waals surface area contributed by atoms with E-state index in [1.807, 2.05) is 42.5 Å². The molecule has 1 aliphatic rings. The number of carbonyl (C=O) groups is 2. The van der Waals surface area contributed by atoms with Gasteiger partial charge in [0.2, 0.25) is 5.91 Å². The van der Waals surface area contributed by atoms with Crippen molar-refractivity contribution in [1.29, 1.82) is 0 Å². The van der Waals surface area contributed by atoms with Gasteiger partial charge >= 0.3 is 5.97 Å². The number of hydrogen-bond acceptors (Lipinski definition) is 4. The SMILES string of the molecule is CC(C)c1cccc(N[C@H]2CC[C@@H](C(=O)N(CCc3ccccc3)CC(=O)O)CC[C@@H]2O)c1. The number of amides is 1. The Bertz CT molecular complexity index is 915. The van der Waals surface area contributed by atoms with E-state index in [9.17, 15) is 19.8 Å². The molecule has 1 aliphatic carbocycles. The molecule has 0 radical (unpaired) electrons. The Morgan fingerprint density at radius 2 is 1.76 bits per heavy atom. The highest BCUT2D eigenvalue weighted by atomic mass is 16.4. The van der Waals surface area contributed by atoms with Crippen molar-refractivity contribution in [3.63, 3.8) is 0 Å². The van der Waals surface area contributed by atoms with Gasteiger partial charge < -0.3 is 20.4 Å². The van der Waals surface area contributed by atoms with Crippen LogP contribution in [0.4, 0.5) is 5.69 Å². The molecule has 3 atom stereocenters. The van der Waals surface area contributed by atoms with Gasteiger partial charge in [0, 0.05) is 18.2 Å². The third-order valence-corrected chi connectivity index (χ3v) is 6.51. The van der Waals surface area contributed by atoms with Gasteiger partial charge in [-0.2, -0.15) is 0 Å². The standard InChI is InChI=1S/C27H36N2O4/c1-19(2)22-9-6-10-23(17-22)28-24-13-11-21(12-14-25(24)30)27(33)29(18-26(31)32)16-15-20-7-4-3-5-8-20/h3-10,17,19,21,24-25,28,30H,11-16,18H2,1-2H3,(H,31,32)/t21-,24+,25+/m1/s1. The van der Waals surface area contributed by atoms with E-state index in [-0.39, 0.29) is 24.4 Å². The van der Waals surface area contributed by atoms with E-state index in [0.717, 1.165) is 11.3 Å². The summed E-state index contributed by atoms with van der Waals surface area (Å²) in [5.41, 5.74) is 3.29. The molecule has 0 saturated heterocycles. The first-order valence-corrected chi connectivity index (χ1v) is 11.9. The minimum atomic E-state index is -1.00. The summed E-state index contributed by atoms with van der Waals surface area (Å²) >= 11 is 0. The molecule has 0 heterocycles. The summed E-state index contributed by atoms with van der Waals surface area (Å²) in [6, 6.07) is 17.9. The van der Waals surface area contributed by atoms with Crippen LogP contribution < -0.4 is 5.32 Å². The van der Waals surface area contributed by atoms with Crippen molar-refractivity contribution in [2.24, 2.45) is 5.92 Å². The molecule has 1 amide bonds. The molecule has 0 aliphatic heterocycles. The highest BCUT2D eigenvalue weighted by molar-refractivity contribution is 5.83. The molecule has 2 aromatic carbocycles. The number of nitrogens with one attached hydrogen (secondary N) is 1. The van der Waals surface area contributed by atoms with Gasteiger partial charge in [-0.1, -0.05) is 56.3 Å². The molecule has 3 rings (SSSR count). The zero-order valence-corrected chi connectivity index (χ0v) is 19.6. The fourth-order valence-electron chi connectivity index (χ4n) is 4.50. The Hall–Kier alpha value is -2.86. The highest BCUT2D eigenvalue weighted by Crippen LogP contribution is 2.28. The minimum absolute atomic E-state index is 0.122. The van der Waals surface area contributed by atoms with E-state index >= 15 is 0 Å². The van der Waals surface area contributed by atoms with Crippen molar-refractivity contribution < 1.29 is 19.8 Å². The van der Waals surface area contributed by atoms with Crippen LogP contribution in [0.3, 0.4) is 0 Å². The fourth-order valence-corrected chi connectivity index (χ4v) is 4.50. The Labute approximate surface area is 196 Å². The van der Waals surface area contributed by atoms with E-state index < -0.39 is 12.1 Å². The smallest absolute Gasteiger partial charge is 0.323 e. The molecule has 0 aromatic heterocycles. The first-order valence-electron chi connectivity index (χ1n) is 11.9. The summed E-state index contributed by atoms with van der Waals surface area (Å²) < 4.78 is 0. The molecule has 33 heavy (non-hydrogen) atoms. The lowest BCUT2D eigenvalue weighted by molar-refractivity contribution is -0.146. The number of aliphatic carboxylic acids is 1. The molecule has 6 heteroatoms. The number of carbonyl (C=O) groups excluding carboxylic acids is 1. The van der Waals surface area contributed by atoms with Crippen LogP contribution in [0.5, 0.6) is 0 Å². The molecule has 1 saturated carbocycles. The quantitative estimate of drug-likeness (QED) is 0.494. The second kappa shape index (κ2) is 11.8. The number of aliphatic hydroxyl groups excluding tert-OH is 1. The topological polar surface area (TPSA) is 89.9 Å². The van der Waals surface area contributed by atoms with Crippen molar-refractivity contribution >= 4 is 17.6 Å². The number of nitrogens with zero attached hydrogens (tertiary/aromatic N) is 1. The van der Waals surface area contributed by atoms with Gasteiger partial charge in [0.25, 0.3) is 0 Å². The molecule has 0 bridgehead atoms. The lowest BCUT2D eigenvalue weighted by Gasteiger charge is -2.26. The van der Waals surface area contributed by atoms with Gasteiger partial charge in [-0.15, -0.1) is 0 Å². The maximum Gasteiger partial charge on any atom is 0.323 e. The summed E-state index contributed by atoms with van der Waals surface area (Å²) in [6.45, 7) is 4.37. The van der Waals surface area contributed by atoms with E-state index in [1.165, 1.54) is 10.5 Å². The molecule has 2 aromatic rings. The fraction of sp³-hybridized carbons (Fsp3) is 0.481. The summed E-state index contributed by atoms with van der Waals surface area (Å²) in [4.78, 5) is 26.1. The molecule has 3 N–H and O–H groups in total. The third kappa shape index (κ3) is 7.32. The number of carboxylic acids is 1. The van der Waals surface area contributed by atoms with Crippen molar-refractivity contribution in [3.05, 3.63) is 65.7 Å². The number of hydrogen-bond donors (Lipinski definition) is 3. The van der Waals surface area contributed by atoms with E-state index in [1.54, 1.807) is 0 Å². The van der Waals surface area contributed by atoms with Crippen LogP contribution >= 0.6 is 0 Å². The molecule has 178 valence electrons. The summed E-state index contributed by atoms with van der Waals surface area (Å²) in [6.07, 6.45) is 2.42. The van der Waals surface area contributed by atoms with Crippen LogP contribution in [-0.4, -0.2) is 52.2 Å². The minimum Gasteiger partial charge on any atom is -0.480 e. The molecule has 0 spiro atoms. The Morgan fingerprint density at radius 1 is 1.03 bits per heavy atom. The number of anilines is 1. The second-order valence-electron chi connectivity index (χ2n) is 9.34. The van der Waals surface area contributed by atoms with Crippen molar-refractivity contribution in [2.75, 3.05) is 18.4 Å². The van der Waals surface area contributed by atoms with E-state index in [4.69, 9.17) is 0 Å². The van der Waals surface area contributed by atoms with Crippen molar-refractivity contribution in [3.8, 4) is 0 Å². The van der Waals surface area contributed by atoms with Gasteiger partial charge in [0.1, 0.15) is 6.54 Å². The van der Waals surface area contributed by atoms with Crippen LogP contribution in [0.1, 0.15) is 56.6 Å². The molecule has 1 fully saturated rings. The van der Waals surface area contributed by atoms with Crippen LogP contribution in [0.15, 0.2) is 54.6 Å². The molecule has 6 nitrogen and oxygen atoms in total. The van der Waals surface area contributed by atoms with Crippen LogP contribution in [-0.2, 0) is 16.0 Å². The highest BCUT2D eigenvalue weighted by Gasteiger charge is 2.32. The van der Waals surface area contributed by atoms with Crippen molar-refractivity contribution in [1.82, 2.24) is 4.90 Å². The Kier molecular flexibility index (Phi) is 8.89. The monoisotopic (exact) mass is 452 g/mol. The third-order valence-electron chi connectivity index (χ3n) is 6.51. The predicted octanol–water partition coefficient (Wildman–Crippen LogP) is 4.30. The number of carboxylic acid groups (broad SMARTS) is 1. The molecular weight excluding hydrogens is 416 g/mol. The Balaban J connectivity index is 1.63. The van der Waals surface area contributed by atoms with Gasteiger partial charge in [-0.3, -0.25) is 9.59 Å². The van der Waals surface area contributed by atoms with Crippen LogP contribution in [0.25, 0.3) is 0 Å². The van der Waals surface area contributed by atoms with Crippen LogP contribution in [0.2, 0.25) is 0 Å². The second-order valence-corrected chi connectivity index (χ2v) is 9.34. The summed E-state index contributed by atoms with van der Waals surface area (Å²) in [5, 5.41) is 23.6. The largest absolute Gasteiger partial charge is 0.480 e. The zero-order valence-electron chi connectivity index (χ0n) is 19.6. The van der Waals surface area contributed by atoms with E-state index in [2.05, 4.69) is 31.3 Å². The number of aliphatic hydroxyl groups is 1. The maximum absolute atomic E-state index is 13.3. The van der Waals surface area contributed by atoms with Crippen LogP contribution in [0, 0.1) is 5.92 Å². The zero-order chi connectivity index (χ0) is 23.8. The first kappa shape index (κ1) is 24.8. The predicted molar refractivity (Wildman–Crippen MR) is 130 cm³/mol.